The van der Waals surface area contributed by atoms with Crippen molar-refractivity contribution in [1.29, 1.82) is 0 Å². The Bertz CT molecular complexity index is 707. The van der Waals surface area contributed by atoms with E-state index in [0.717, 1.165) is 0 Å². The number of nitrogens with zero attached hydrogens (tertiary/aromatic N) is 2. The van der Waals surface area contributed by atoms with Crippen LogP contribution in [0.3, 0.4) is 0 Å². The molecule has 0 bridgehead atoms. The molecule has 1 aliphatic rings. The molecule has 3 heterocycles. The fraction of sp³-hybridized carbons (Fsp3) is 0.429. The predicted molar refractivity (Wildman–Crippen MR) is 78.9 cm³/mol. The lowest BCUT2D eigenvalue weighted by Crippen LogP contribution is -2.41. The van der Waals surface area contributed by atoms with Crippen LogP contribution in [0.2, 0.25) is 0 Å². The highest BCUT2D eigenvalue weighted by Crippen LogP contribution is 2.36. The fourth-order valence-electron chi connectivity index (χ4n) is 2.40. The quantitative estimate of drug-likeness (QED) is 0.811. The van der Waals surface area contributed by atoms with E-state index in [2.05, 4.69) is 4.98 Å². The number of pyridine rings is 1. The Kier molecular flexibility index (Phi) is 2.90. The Morgan fingerprint density at radius 1 is 1.29 bits per heavy atom. The van der Waals surface area contributed by atoms with Crippen molar-refractivity contribution in [3.05, 3.63) is 24.4 Å². The van der Waals surface area contributed by atoms with E-state index < -0.39 is 24.4 Å². The molecule has 0 radical (unpaired) electrons. The maximum atomic E-state index is 11.6. The standard InChI is InChI=1S/C14H17BN2O4/c1-13(2)14(3,4)21-15(20-13)11-8-9-10(6-5-7-16-9)17(11)12(18)19/h5-8H,1-4H3,(H,18,19). The van der Waals surface area contributed by atoms with Crippen molar-refractivity contribution in [1.82, 2.24) is 9.55 Å². The minimum absolute atomic E-state index is 0.440. The molecule has 6 nitrogen and oxygen atoms in total. The van der Waals surface area contributed by atoms with Crippen molar-refractivity contribution in [2.24, 2.45) is 0 Å². The van der Waals surface area contributed by atoms with E-state index in [-0.39, 0.29) is 0 Å². The predicted octanol–water partition coefficient (Wildman–Crippen LogP) is 1.86. The highest BCUT2D eigenvalue weighted by molar-refractivity contribution is 6.62. The molecular formula is C14H17BN2O4. The number of hydrogen-bond donors (Lipinski definition) is 1. The molecule has 0 amide bonds. The smallest absolute Gasteiger partial charge is 0.464 e. The molecular weight excluding hydrogens is 271 g/mol. The van der Waals surface area contributed by atoms with Gasteiger partial charge >= 0.3 is 13.2 Å². The summed E-state index contributed by atoms with van der Waals surface area (Å²) in [7, 11) is -0.736. The van der Waals surface area contributed by atoms with Crippen molar-refractivity contribution < 1.29 is 19.2 Å². The Balaban J connectivity index is 2.14. The summed E-state index contributed by atoms with van der Waals surface area (Å²) in [4.78, 5) is 15.8. The first-order valence-corrected chi connectivity index (χ1v) is 6.78. The molecule has 3 rings (SSSR count). The zero-order chi connectivity index (χ0) is 15.4. The zero-order valence-corrected chi connectivity index (χ0v) is 12.5. The van der Waals surface area contributed by atoms with Gasteiger partial charge in [0.05, 0.1) is 27.8 Å². The lowest BCUT2D eigenvalue weighted by Gasteiger charge is -2.32. The van der Waals surface area contributed by atoms with Crippen LogP contribution in [0.5, 0.6) is 0 Å². The van der Waals surface area contributed by atoms with Gasteiger partial charge in [-0.2, -0.15) is 0 Å². The third kappa shape index (κ3) is 2.04. The molecule has 7 heteroatoms. The monoisotopic (exact) mass is 288 g/mol. The van der Waals surface area contributed by atoms with Crippen LogP contribution in [0, 0.1) is 0 Å². The Labute approximate surface area is 122 Å². The van der Waals surface area contributed by atoms with Crippen molar-refractivity contribution in [2.75, 3.05) is 0 Å². The maximum absolute atomic E-state index is 11.6. The lowest BCUT2D eigenvalue weighted by atomic mass is 9.84. The largest absolute Gasteiger partial charge is 0.513 e. The summed E-state index contributed by atoms with van der Waals surface area (Å²) in [5.41, 5.74) is 0.518. The van der Waals surface area contributed by atoms with E-state index in [4.69, 9.17) is 9.31 Å². The van der Waals surface area contributed by atoms with Crippen LogP contribution >= 0.6 is 0 Å². The minimum atomic E-state index is -1.08. The molecule has 1 saturated heterocycles. The first-order chi connectivity index (χ1) is 9.73. The Morgan fingerprint density at radius 2 is 1.90 bits per heavy atom. The van der Waals surface area contributed by atoms with Gasteiger partial charge in [0.1, 0.15) is 0 Å². The second-order valence-corrected chi connectivity index (χ2v) is 6.18. The molecule has 0 aliphatic carbocycles. The van der Waals surface area contributed by atoms with Gasteiger partial charge < -0.3 is 14.4 Å². The zero-order valence-electron chi connectivity index (χ0n) is 12.5. The summed E-state index contributed by atoms with van der Waals surface area (Å²) in [6.07, 6.45) is 0.547. The summed E-state index contributed by atoms with van der Waals surface area (Å²) >= 11 is 0. The number of carbonyl (C=O) groups is 1. The summed E-state index contributed by atoms with van der Waals surface area (Å²) in [6.45, 7) is 7.72. The topological polar surface area (TPSA) is 73.6 Å². The van der Waals surface area contributed by atoms with Gasteiger partial charge in [0.15, 0.2) is 0 Å². The second kappa shape index (κ2) is 4.32. The summed E-state index contributed by atoms with van der Waals surface area (Å²) in [5, 5.41) is 9.50. The minimum Gasteiger partial charge on any atom is -0.464 e. The van der Waals surface area contributed by atoms with Gasteiger partial charge in [-0.15, -0.1) is 0 Å². The molecule has 0 spiro atoms. The second-order valence-electron chi connectivity index (χ2n) is 6.18. The molecule has 0 unspecified atom stereocenters. The molecule has 1 aliphatic heterocycles. The Morgan fingerprint density at radius 3 is 2.48 bits per heavy atom. The van der Waals surface area contributed by atoms with Crippen LogP contribution in [0.25, 0.3) is 11.0 Å². The van der Waals surface area contributed by atoms with E-state index in [1.54, 1.807) is 24.4 Å². The number of aromatic nitrogens is 2. The van der Waals surface area contributed by atoms with E-state index in [9.17, 15) is 9.90 Å². The number of fused-ring (bicyclic) bond motifs is 1. The molecule has 21 heavy (non-hydrogen) atoms. The van der Waals surface area contributed by atoms with Crippen LogP contribution < -0.4 is 5.59 Å². The van der Waals surface area contributed by atoms with Crippen LogP contribution in [-0.4, -0.2) is 39.1 Å². The van der Waals surface area contributed by atoms with Gasteiger partial charge in [-0.3, -0.25) is 9.55 Å². The molecule has 0 aromatic carbocycles. The van der Waals surface area contributed by atoms with E-state index >= 15 is 0 Å². The third-order valence-electron chi connectivity index (χ3n) is 4.29. The first kappa shape index (κ1) is 14.1. The van der Waals surface area contributed by atoms with Gasteiger partial charge in [0, 0.05) is 6.20 Å². The van der Waals surface area contributed by atoms with Gasteiger partial charge in [-0.25, -0.2) is 4.79 Å². The summed E-state index contributed by atoms with van der Waals surface area (Å²) < 4.78 is 13.0. The van der Waals surface area contributed by atoms with Gasteiger partial charge in [-0.1, -0.05) is 0 Å². The van der Waals surface area contributed by atoms with Crippen LogP contribution in [0.4, 0.5) is 4.79 Å². The third-order valence-corrected chi connectivity index (χ3v) is 4.29. The van der Waals surface area contributed by atoms with Crippen molar-refractivity contribution in [3.63, 3.8) is 0 Å². The SMILES string of the molecule is CC1(C)OB(c2cc3ncccc3n2C(=O)O)OC1(C)C. The summed E-state index contributed by atoms with van der Waals surface area (Å²) in [5.74, 6) is 0. The molecule has 2 aromatic heterocycles. The molecule has 0 atom stereocenters. The number of hydrogen-bond acceptors (Lipinski definition) is 4. The molecule has 110 valence electrons. The average molecular weight is 288 g/mol. The molecule has 1 fully saturated rings. The highest BCUT2D eigenvalue weighted by Gasteiger charge is 2.53. The highest BCUT2D eigenvalue weighted by atomic mass is 16.7. The van der Waals surface area contributed by atoms with Gasteiger partial charge in [0.2, 0.25) is 0 Å². The molecule has 0 saturated carbocycles. The van der Waals surface area contributed by atoms with Gasteiger partial charge in [0.25, 0.3) is 0 Å². The number of rotatable bonds is 1. The van der Waals surface area contributed by atoms with Crippen molar-refractivity contribution in [3.8, 4) is 0 Å². The van der Waals surface area contributed by atoms with E-state index in [1.807, 2.05) is 27.7 Å². The summed E-state index contributed by atoms with van der Waals surface area (Å²) in [6, 6.07) is 5.12. The van der Waals surface area contributed by atoms with Crippen molar-refractivity contribution in [2.45, 2.75) is 38.9 Å². The van der Waals surface area contributed by atoms with Gasteiger partial charge in [-0.05, 0) is 45.9 Å². The molecule has 2 aromatic rings. The van der Waals surface area contributed by atoms with Crippen molar-refractivity contribution >= 4 is 29.8 Å². The molecule has 1 N–H and O–H groups in total. The van der Waals surface area contributed by atoms with Crippen LogP contribution in [0.1, 0.15) is 27.7 Å². The van der Waals surface area contributed by atoms with Crippen LogP contribution in [-0.2, 0) is 9.31 Å². The average Bonchev–Trinajstić information content (AvgIpc) is 2.85. The normalized spacial score (nSPS) is 20.1. The fourth-order valence-corrected chi connectivity index (χ4v) is 2.40. The van der Waals surface area contributed by atoms with Crippen LogP contribution in [0.15, 0.2) is 24.4 Å². The lowest BCUT2D eigenvalue weighted by molar-refractivity contribution is 0.00578. The van der Waals surface area contributed by atoms with E-state index in [0.29, 0.717) is 16.6 Å². The van der Waals surface area contributed by atoms with E-state index in [1.165, 1.54) is 4.57 Å². The number of carboxylic acid groups (broad SMARTS) is 1. The maximum Gasteiger partial charge on any atom is 0.513 e. The first-order valence-electron chi connectivity index (χ1n) is 6.78. The Hall–Kier alpha value is -1.86.